The minimum atomic E-state index is -1.25. The maximum absolute atomic E-state index is 11.2. The first kappa shape index (κ1) is 12.6. The van der Waals surface area contributed by atoms with E-state index in [1.165, 1.54) is 11.8 Å². The first-order valence-corrected chi connectivity index (χ1v) is 5.14. The van der Waals surface area contributed by atoms with Crippen molar-refractivity contribution < 1.29 is 14.7 Å². The molecule has 0 saturated heterocycles. The van der Waals surface area contributed by atoms with Crippen LogP contribution >= 0.6 is 11.8 Å². The van der Waals surface area contributed by atoms with Crippen LogP contribution in [0.5, 0.6) is 0 Å². The van der Waals surface area contributed by atoms with Crippen LogP contribution in [0.4, 0.5) is 4.79 Å². The fourth-order valence-corrected chi connectivity index (χ4v) is 1.32. The molecular formula is C7H11N3O3S. The molecule has 0 rings (SSSR count). The Labute approximate surface area is 85.7 Å². The smallest absolute Gasteiger partial charge is 0.405 e. The molecule has 3 N–H and O–H groups in total. The summed E-state index contributed by atoms with van der Waals surface area (Å²) < 4.78 is 0. The highest BCUT2D eigenvalue weighted by Gasteiger charge is 2.18. The highest BCUT2D eigenvalue weighted by atomic mass is 32.2. The summed E-state index contributed by atoms with van der Waals surface area (Å²) in [6, 6.07) is 0.926. The van der Waals surface area contributed by atoms with E-state index < -0.39 is 18.0 Å². The van der Waals surface area contributed by atoms with Crippen LogP contribution in [0.2, 0.25) is 0 Å². The number of amides is 2. The van der Waals surface area contributed by atoms with Gasteiger partial charge in [-0.25, -0.2) is 4.79 Å². The van der Waals surface area contributed by atoms with Gasteiger partial charge in [-0.05, 0) is 6.26 Å². The first-order valence-electron chi connectivity index (χ1n) is 3.75. The normalized spacial score (nSPS) is 11.1. The summed E-state index contributed by atoms with van der Waals surface area (Å²) in [6.07, 6.45) is 0.504. The zero-order valence-corrected chi connectivity index (χ0v) is 8.43. The van der Waals surface area contributed by atoms with Gasteiger partial charge in [0.15, 0.2) is 0 Å². The van der Waals surface area contributed by atoms with Crippen molar-refractivity contribution >= 4 is 23.8 Å². The summed E-state index contributed by atoms with van der Waals surface area (Å²) in [4.78, 5) is 21.5. The van der Waals surface area contributed by atoms with Crippen molar-refractivity contribution in [3.05, 3.63) is 0 Å². The average Bonchev–Trinajstić information content (AvgIpc) is 2.13. The maximum atomic E-state index is 11.2. The van der Waals surface area contributed by atoms with E-state index in [0.29, 0.717) is 5.75 Å². The van der Waals surface area contributed by atoms with Crippen LogP contribution in [0.15, 0.2) is 0 Å². The minimum absolute atomic E-state index is 0.120. The third-order valence-electron chi connectivity index (χ3n) is 1.29. The molecule has 0 fully saturated rings. The van der Waals surface area contributed by atoms with Gasteiger partial charge in [-0.1, -0.05) is 0 Å². The summed E-state index contributed by atoms with van der Waals surface area (Å²) in [6.45, 7) is -0.120. The molecule has 14 heavy (non-hydrogen) atoms. The lowest BCUT2D eigenvalue weighted by atomic mass is 10.3. The van der Waals surface area contributed by atoms with Gasteiger partial charge < -0.3 is 15.7 Å². The Morgan fingerprint density at radius 3 is 2.71 bits per heavy atom. The van der Waals surface area contributed by atoms with Crippen molar-refractivity contribution in [3.8, 4) is 6.07 Å². The number of carbonyl (C=O) groups excluding carboxylic acids is 1. The van der Waals surface area contributed by atoms with Gasteiger partial charge >= 0.3 is 6.09 Å². The van der Waals surface area contributed by atoms with E-state index in [9.17, 15) is 9.59 Å². The first-order chi connectivity index (χ1) is 6.61. The highest BCUT2D eigenvalue weighted by Crippen LogP contribution is 1.97. The van der Waals surface area contributed by atoms with E-state index in [0.717, 1.165) is 0 Å². The Morgan fingerprint density at radius 1 is 1.64 bits per heavy atom. The Bertz CT molecular complexity index is 251. The fraction of sp³-hybridized carbons (Fsp3) is 0.571. The molecule has 78 valence electrons. The molecule has 0 aromatic heterocycles. The lowest BCUT2D eigenvalue weighted by Gasteiger charge is -2.13. The monoisotopic (exact) mass is 217 g/mol. The Morgan fingerprint density at radius 2 is 2.29 bits per heavy atom. The van der Waals surface area contributed by atoms with E-state index >= 15 is 0 Å². The molecule has 0 aliphatic heterocycles. The summed E-state index contributed by atoms with van der Waals surface area (Å²) in [5, 5.41) is 21.0. The number of nitrogens with one attached hydrogen (secondary N) is 2. The molecule has 0 spiro atoms. The van der Waals surface area contributed by atoms with Crippen molar-refractivity contribution in [1.29, 1.82) is 5.26 Å². The molecule has 0 radical (unpaired) electrons. The second-order valence-electron chi connectivity index (χ2n) is 2.33. The summed E-state index contributed by atoms with van der Waals surface area (Å²) in [5.41, 5.74) is 0. The second-order valence-corrected chi connectivity index (χ2v) is 3.24. The molecule has 2 amide bonds. The van der Waals surface area contributed by atoms with Crippen molar-refractivity contribution in [1.82, 2.24) is 10.6 Å². The van der Waals surface area contributed by atoms with Gasteiger partial charge in [-0.15, -0.1) is 0 Å². The van der Waals surface area contributed by atoms with Crippen LogP contribution in [0, 0.1) is 11.3 Å². The van der Waals surface area contributed by atoms with Crippen LogP contribution in [-0.4, -0.2) is 41.7 Å². The van der Waals surface area contributed by atoms with E-state index in [-0.39, 0.29) is 6.54 Å². The van der Waals surface area contributed by atoms with Gasteiger partial charge in [0.1, 0.15) is 12.6 Å². The van der Waals surface area contributed by atoms with Crippen molar-refractivity contribution in [2.24, 2.45) is 0 Å². The summed E-state index contributed by atoms with van der Waals surface area (Å²) >= 11 is 1.34. The molecule has 0 bridgehead atoms. The lowest BCUT2D eigenvalue weighted by molar-refractivity contribution is -0.122. The molecule has 1 atom stereocenters. The molecule has 0 saturated carbocycles. The lowest BCUT2D eigenvalue weighted by Crippen LogP contribution is -2.47. The molecule has 0 heterocycles. The topological polar surface area (TPSA) is 102 Å². The van der Waals surface area contributed by atoms with Gasteiger partial charge in [0.05, 0.1) is 6.07 Å². The van der Waals surface area contributed by atoms with Crippen LogP contribution < -0.4 is 10.6 Å². The third-order valence-corrected chi connectivity index (χ3v) is 1.96. The molecule has 0 aliphatic carbocycles. The van der Waals surface area contributed by atoms with Crippen molar-refractivity contribution in [3.63, 3.8) is 0 Å². The zero-order chi connectivity index (χ0) is 11.0. The van der Waals surface area contributed by atoms with Gasteiger partial charge in [0.2, 0.25) is 5.91 Å². The number of carbonyl (C=O) groups is 2. The van der Waals surface area contributed by atoms with Gasteiger partial charge in [0, 0.05) is 5.75 Å². The Kier molecular flexibility index (Phi) is 6.32. The Balaban J connectivity index is 4.11. The molecular weight excluding hydrogens is 206 g/mol. The number of hydrogen-bond acceptors (Lipinski definition) is 4. The average molecular weight is 217 g/mol. The second kappa shape index (κ2) is 7.03. The quantitative estimate of drug-likeness (QED) is 0.545. The largest absolute Gasteiger partial charge is 0.465 e. The molecule has 0 aliphatic rings. The molecule has 0 aromatic rings. The van der Waals surface area contributed by atoms with Crippen LogP contribution in [0.1, 0.15) is 0 Å². The van der Waals surface area contributed by atoms with Gasteiger partial charge in [-0.2, -0.15) is 17.0 Å². The highest BCUT2D eigenvalue weighted by molar-refractivity contribution is 7.98. The molecule has 6 nitrogen and oxygen atoms in total. The van der Waals surface area contributed by atoms with E-state index in [1.54, 1.807) is 12.3 Å². The summed E-state index contributed by atoms with van der Waals surface area (Å²) in [7, 11) is 0. The number of thioether (sulfide) groups is 1. The number of rotatable bonds is 5. The number of carboxylic acid groups (broad SMARTS) is 1. The van der Waals surface area contributed by atoms with Crippen molar-refractivity contribution in [2.45, 2.75) is 6.04 Å². The minimum Gasteiger partial charge on any atom is -0.465 e. The van der Waals surface area contributed by atoms with E-state index in [1.807, 2.05) is 0 Å². The molecule has 1 unspecified atom stereocenters. The zero-order valence-electron chi connectivity index (χ0n) is 7.61. The summed E-state index contributed by atoms with van der Waals surface area (Å²) in [5.74, 6) is -0.146. The molecule has 7 heteroatoms. The maximum Gasteiger partial charge on any atom is 0.405 e. The number of nitriles is 1. The standard InChI is InChI=1S/C7H11N3O3S/c1-14-4-5(10-7(12)13)6(11)9-3-2-8/h5,10H,3-4H2,1H3,(H,9,11)(H,12,13). The van der Waals surface area contributed by atoms with Crippen LogP contribution in [-0.2, 0) is 4.79 Å². The Hall–Kier alpha value is -1.42. The van der Waals surface area contributed by atoms with Crippen molar-refractivity contribution in [2.75, 3.05) is 18.6 Å². The predicted molar refractivity (Wildman–Crippen MR) is 52.0 cm³/mol. The van der Waals surface area contributed by atoms with Gasteiger partial charge in [0.25, 0.3) is 0 Å². The van der Waals surface area contributed by atoms with Crippen LogP contribution in [0.3, 0.4) is 0 Å². The van der Waals surface area contributed by atoms with Crippen LogP contribution in [0.25, 0.3) is 0 Å². The van der Waals surface area contributed by atoms with E-state index in [4.69, 9.17) is 10.4 Å². The molecule has 0 aromatic carbocycles. The van der Waals surface area contributed by atoms with E-state index in [2.05, 4.69) is 10.6 Å². The van der Waals surface area contributed by atoms with Gasteiger partial charge in [-0.3, -0.25) is 4.79 Å². The fourth-order valence-electron chi connectivity index (χ4n) is 0.748. The number of hydrogen-bond donors (Lipinski definition) is 3. The predicted octanol–water partition coefficient (Wildman–Crippen LogP) is -0.375. The number of nitrogens with zero attached hydrogens (tertiary/aromatic N) is 1. The third kappa shape index (κ3) is 5.27. The SMILES string of the molecule is CSCC(NC(=O)O)C(=O)NCC#N.